The van der Waals surface area contributed by atoms with Gasteiger partial charge < -0.3 is 20.9 Å². The molecule has 0 spiro atoms. The molecule has 0 unspecified atom stereocenters. The molecular formula is C22H26Cl2N4O2. The molecule has 3 rings (SSSR count). The van der Waals surface area contributed by atoms with Crippen LogP contribution in [0.15, 0.2) is 42.5 Å². The SMILES string of the molecule is CN(C)CCNC(=O)[C@H]1C[C@H](NC(=O)Cc2ccccc2)c2c(Cl)cc(Cl)cc2N1. The van der Waals surface area contributed by atoms with Gasteiger partial charge in [0.2, 0.25) is 11.8 Å². The fraction of sp³-hybridized carbons (Fsp3) is 0.364. The van der Waals surface area contributed by atoms with E-state index in [0.29, 0.717) is 28.7 Å². The van der Waals surface area contributed by atoms with Crippen molar-refractivity contribution in [1.82, 2.24) is 15.5 Å². The summed E-state index contributed by atoms with van der Waals surface area (Å²) in [6.07, 6.45) is 0.647. The lowest BCUT2D eigenvalue weighted by Gasteiger charge is -2.34. The molecule has 2 atom stereocenters. The van der Waals surface area contributed by atoms with Crippen LogP contribution in [0.2, 0.25) is 10.0 Å². The Morgan fingerprint density at radius 2 is 1.90 bits per heavy atom. The lowest BCUT2D eigenvalue weighted by molar-refractivity contribution is -0.124. The number of carbonyl (C=O) groups is 2. The summed E-state index contributed by atoms with van der Waals surface area (Å²) in [5.74, 6) is -0.252. The summed E-state index contributed by atoms with van der Waals surface area (Å²) in [7, 11) is 3.90. The molecule has 2 aromatic carbocycles. The van der Waals surface area contributed by atoms with E-state index in [2.05, 4.69) is 16.0 Å². The lowest BCUT2D eigenvalue weighted by atomic mass is 9.92. The van der Waals surface area contributed by atoms with Crippen molar-refractivity contribution in [2.45, 2.75) is 24.9 Å². The third kappa shape index (κ3) is 5.88. The van der Waals surface area contributed by atoms with Crippen molar-refractivity contribution >= 4 is 40.7 Å². The van der Waals surface area contributed by atoms with Crippen LogP contribution in [0, 0.1) is 0 Å². The molecule has 0 radical (unpaired) electrons. The number of rotatable bonds is 7. The van der Waals surface area contributed by atoms with Gasteiger partial charge in [-0.15, -0.1) is 0 Å². The number of nitrogens with one attached hydrogen (secondary N) is 3. The highest BCUT2D eigenvalue weighted by Crippen LogP contribution is 2.39. The third-order valence-corrected chi connectivity index (χ3v) is 5.49. The molecular weight excluding hydrogens is 423 g/mol. The zero-order valence-electron chi connectivity index (χ0n) is 17.0. The Labute approximate surface area is 186 Å². The van der Waals surface area contributed by atoms with Crippen molar-refractivity contribution in [3.8, 4) is 0 Å². The highest BCUT2D eigenvalue weighted by molar-refractivity contribution is 6.35. The molecule has 0 aliphatic carbocycles. The van der Waals surface area contributed by atoms with Gasteiger partial charge in [0.1, 0.15) is 6.04 Å². The average molecular weight is 449 g/mol. The van der Waals surface area contributed by atoms with Crippen LogP contribution < -0.4 is 16.0 Å². The normalized spacial score (nSPS) is 17.8. The van der Waals surface area contributed by atoms with Gasteiger partial charge in [-0.1, -0.05) is 53.5 Å². The number of amides is 2. The van der Waals surface area contributed by atoms with Gasteiger partial charge in [0.05, 0.1) is 12.5 Å². The number of anilines is 1. The highest BCUT2D eigenvalue weighted by Gasteiger charge is 2.33. The number of nitrogens with zero attached hydrogens (tertiary/aromatic N) is 1. The van der Waals surface area contributed by atoms with E-state index in [1.165, 1.54) is 0 Å². The van der Waals surface area contributed by atoms with E-state index in [1.807, 2.05) is 49.3 Å². The van der Waals surface area contributed by atoms with E-state index in [1.54, 1.807) is 12.1 Å². The summed E-state index contributed by atoms with van der Waals surface area (Å²) in [6, 6.07) is 12.0. The predicted molar refractivity (Wildman–Crippen MR) is 121 cm³/mol. The van der Waals surface area contributed by atoms with Crippen LogP contribution in [-0.4, -0.2) is 49.9 Å². The first-order valence-electron chi connectivity index (χ1n) is 9.84. The van der Waals surface area contributed by atoms with Crippen LogP contribution in [0.25, 0.3) is 0 Å². The summed E-state index contributed by atoms with van der Waals surface area (Å²) in [5, 5.41) is 10.1. The first kappa shape index (κ1) is 22.4. The van der Waals surface area contributed by atoms with Crippen molar-refractivity contribution in [2.24, 2.45) is 0 Å². The molecule has 1 aliphatic heterocycles. The van der Waals surface area contributed by atoms with Gasteiger partial charge in [-0.25, -0.2) is 0 Å². The van der Waals surface area contributed by atoms with Gasteiger partial charge in [0, 0.05) is 40.8 Å². The fourth-order valence-corrected chi connectivity index (χ4v) is 4.14. The zero-order chi connectivity index (χ0) is 21.7. The smallest absolute Gasteiger partial charge is 0.242 e. The summed E-state index contributed by atoms with van der Waals surface area (Å²) in [4.78, 5) is 27.4. The molecule has 30 heavy (non-hydrogen) atoms. The molecule has 0 aromatic heterocycles. The summed E-state index contributed by atoms with van der Waals surface area (Å²) in [5.41, 5.74) is 2.33. The molecule has 6 nitrogen and oxygen atoms in total. The molecule has 2 aromatic rings. The molecule has 0 saturated heterocycles. The van der Waals surface area contributed by atoms with Crippen molar-refractivity contribution in [3.05, 3.63) is 63.6 Å². The van der Waals surface area contributed by atoms with Crippen molar-refractivity contribution in [1.29, 1.82) is 0 Å². The summed E-state index contributed by atoms with van der Waals surface area (Å²) in [6.45, 7) is 1.28. The second-order valence-corrected chi connectivity index (χ2v) is 8.50. The molecule has 0 saturated carbocycles. The largest absolute Gasteiger partial charge is 0.373 e. The lowest BCUT2D eigenvalue weighted by Crippen LogP contribution is -2.47. The third-order valence-electron chi connectivity index (χ3n) is 4.96. The molecule has 0 bridgehead atoms. The van der Waals surface area contributed by atoms with E-state index in [9.17, 15) is 9.59 Å². The quantitative estimate of drug-likeness (QED) is 0.607. The Hall–Kier alpha value is -2.28. The van der Waals surface area contributed by atoms with Crippen LogP contribution >= 0.6 is 23.2 Å². The molecule has 3 N–H and O–H groups in total. The second kappa shape index (κ2) is 10.2. The van der Waals surface area contributed by atoms with Crippen LogP contribution in [0.3, 0.4) is 0 Å². The Morgan fingerprint density at radius 1 is 1.17 bits per heavy atom. The fourth-order valence-electron chi connectivity index (χ4n) is 3.51. The summed E-state index contributed by atoms with van der Waals surface area (Å²) >= 11 is 12.6. The van der Waals surface area contributed by atoms with E-state index in [4.69, 9.17) is 23.2 Å². The van der Waals surface area contributed by atoms with Crippen LogP contribution in [0.1, 0.15) is 23.6 Å². The molecule has 1 aliphatic rings. The van der Waals surface area contributed by atoms with Gasteiger partial charge in [0.15, 0.2) is 0 Å². The Balaban J connectivity index is 1.76. The standard InChI is InChI=1S/C22H26Cl2N4O2/c1-28(2)9-8-25-22(30)19-13-18(21-16(24)11-15(23)12-17(21)26-19)27-20(29)10-14-6-4-3-5-7-14/h3-7,11-12,18-19,26H,8-10,13H2,1-2H3,(H,25,30)(H,27,29)/t18-,19+/m0/s1. The minimum atomic E-state index is -0.503. The molecule has 1 heterocycles. The minimum absolute atomic E-state index is 0.124. The summed E-state index contributed by atoms with van der Waals surface area (Å²) < 4.78 is 0. The first-order chi connectivity index (χ1) is 14.3. The van der Waals surface area contributed by atoms with Gasteiger partial charge >= 0.3 is 0 Å². The van der Waals surface area contributed by atoms with Gasteiger partial charge in [-0.3, -0.25) is 9.59 Å². The number of hydrogen-bond donors (Lipinski definition) is 3. The Morgan fingerprint density at radius 3 is 2.60 bits per heavy atom. The Bertz CT molecular complexity index is 906. The van der Waals surface area contributed by atoms with Gasteiger partial charge in [-0.2, -0.15) is 0 Å². The number of benzene rings is 2. The van der Waals surface area contributed by atoms with E-state index < -0.39 is 12.1 Å². The second-order valence-electron chi connectivity index (χ2n) is 7.66. The number of hydrogen-bond acceptors (Lipinski definition) is 4. The molecule has 160 valence electrons. The van der Waals surface area contributed by atoms with Gasteiger partial charge in [-0.05, 0) is 31.8 Å². The van der Waals surface area contributed by atoms with Crippen LogP contribution in [-0.2, 0) is 16.0 Å². The molecule has 2 amide bonds. The predicted octanol–water partition coefficient (Wildman–Crippen LogP) is 3.26. The van der Waals surface area contributed by atoms with Crippen LogP contribution in [0.4, 0.5) is 5.69 Å². The Kier molecular flexibility index (Phi) is 7.58. The number of likely N-dealkylation sites (N-methyl/N-ethyl adjacent to an activating group) is 1. The van der Waals surface area contributed by atoms with Crippen molar-refractivity contribution in [3.63, 3.8) is 0 Å². The molecule has 0 fully saturated rings. The van der Waals surface area contributed by atoms with Crippen LogP contribution in [0.5, 0.6) is 0 Å². The van der Waals surface area contributed by atoms with Crippen molar-refractivity contribution < 1.29 is 9.59 Å². The van der Waals surface area contributed by atoms with Gasteiger partial charge in [0.25, 0.3) is 0 Å². The molecule has 8 heteroatoms. The zero-order valence-corrected chi connectivity index (χ0v) is 18.6. The maximum Gasteiger partial charge on any atom is 0.242 e. The number of halogens is 2. The topological polar surface area (TPSA) is 73.5 Å². The minimum Gasteiger partial charge on any atom is -0.373 e. The number of fused-ring (bicyclic) bond motifs is 1. The monoisotopic (exact) mass is 448 g/mol. The maximum absolute atomic E-state index is 12.7. The first-order valence-corrected chi connectivity index (χ1v) is 10.6. The average Bonchev–Trinajstić information content (AvgIpc) is 2.67. The van der Waals surface area contributed by atoms with E-state index in [0.717, 1.165) is 17.7 Å². The highest BCUT2D eigenvalue weighted by atomic mass is 35.5. The number of carbonyl (C=O) groups excluding carboxylic acids is 2. The van der Waals surface area contributed by atoms with Crippen molar-refractivity contribution in [2.75, 3.05) is 32.5 Å². The van der Waals surface area contributed by atoms with E-state index >= 15 is 0 Å². The maximum atomic E-state index is 12.7. The van der Waals surface area contributed by atoms with E-state index in [-0.39, 0.29) is 18.2 Å².